The fraction of sp³-hybridized carbons (Fsp3) is 0.133. The van der Waals surface area contributed by atoms with Crippen molar-refractivity contribution < 1.29 is 9.53 Å². The minimum atomic E-state index is -0.149. The molecule has 0 N–H and O–H groups in total. The summed E-state index contributed by atoms with van der Waals surface area (Å²) >= 11 is 15.2. The summed E-state index contributed by atoms with van der Waals surface area (Å²) in [6.07, 6.45) is 0. The van der Waals surface area contributed by atoms with Crippen LogP contribution in [-0.4, -0.2) is 12.4 Å². The van der Waals surface area contributed by atoms with Crippen molar-refractivity contribution in [2.24, 2.45) is 0 Å². The lowest BCUT2D eigenvalue weighted by molar-refractivity contribution is 0.103. The maximum Gasteiger partial charge on any atom is 0.194 e. The third-order valence-corrected chi connectivity index (χ3v) is 3.71. The molecule has 0 fully saturated rings. The van der Waals surface area contributed by atoms with Crippen LogP contribution in [0.5, 0.6) is 5.75 Å². The van der Waals surface area contributed by atoms with Crippen molar-refractivity contribution in [2.75, 3.05) is 6.61 Å². The van der Waals surface area contributed by atoms with Gasteiger partial charge in [0.05, 0.1) is 6.61 Å². The number of ether oxygens (including phenoxy) is 1. The van der Waals surface area contributed by atoms with E-state index in [4.69, 9.17) is 27.9 Å². The van der Waals surface area contributed by atoms with E-state index in [0.29, 0.717) is 38.0 Å². The Bertz CT molecular complexity index is 636. The van der Waals surface area contributed by atoms with Crippen molar-refractivity contribution in [1.82, 2.24) is 0 Å². The highest BCUT2D eigenvalue weighted by molar-refractivity contribution is 9.10. The lowest BCUT2D eigenvalue weighted by atomic mass is 10.0. The zero-order valence-electron chi connectivity index (χ0n) is 10.6. The molecule has 0 saturated heterocycles. The number of halogens is 3. The quantitative estimate of drug-likeness (QED) is 0.672. The second-order valence-corrected chi connectivity index (χ2v) is 5.79. The normalized spacial score (nSPS) is 10.4. The van der Waals surface area contributed by atoms with E-state index in [2.05, 4.69) is 15.9 Å². The van der Waals surface area contributed by atoms with Crippen molar-refractivity contribution >= 4 is 44.9 Å². The summed E-state index contributed by atoms with van der Waals surface area (Å²) in [6.45, 7) is 2.48. The Kier molecular flexibility index (Phi) is 5.08. The molecule has 0 aromatic heterocycles. The number of benzene rings is 2. The summed E-state index contributed by atoms with van der Waals surface area (Å²) in [4.78, 5) is 12.5. The molecule has 0 aliphatic rings. The Hall–Kier alpha value is -1.03. The number of carbonyl (C=O) groups excluding carboxylic acids is 1. The molecule has 0 bridgehead atoms. The van der Waals surface area contributed by atoms with Gasteiger partial charge < -0.3 is 4.74 Å². The Morgan fingerprint density at radius 3 is 2.35 bits per heavy atom. The van der Waals surface area contributed by atoms with Crippen molar-refractivity contribution in [3.05, 3.63) is 62.0 Å². The topological polar surface area (TPSA) is 26.3 Å². The molecular weight excluding hydrogens is 363 g/mol. The zero-order chi connectivity index (χ0) is 14.7. The second-order valence-electron chi connectivity index (χ2n) is 4.06. The molecule has 0 aliphatic heterocycles. The molecule has 2 aromatic carbocycles. The lowest BCUT2D eigenvalue weighted by Crippen LogP contribution is -2.03. The van der Waals surface area contributed by atoms with Crippen LogP contribution in [0.2, 0.25) is 10.0 Å². The van der Waals surface area contributed by atoms with Crippen LogP contribution >= 0.6 is 39.1 Å². The van der Waals surface area contributed by atoms with Crippen LogP contribution in [0, 0.1) is 0 Å². The molecule has 0 radical (unpaired) electrons. The van der Waals surface area contributed by atoms with Gasteiger partial charge in [0.15, 0.2) is 5.78 Å². The van der Waals surface area contributed by atoms with Gasteiger partial charge in [-0.15, -0.1) is 0 Å². The van der Waals surface area contributed by atoms with E-state index in [0.717, 1.165) is 0 Å². The van der Waals surface area contributed by atoms with Gasteiger partial charge >= 0.3 is 0 Å². The Morgan fingerprint density at radius 1 is 1.15 bits per heavy atom. The van der Waals surface area contributed by atoms with Crippen LogP contribution in [-0.2, 0) is 0 Å². The molecule has 0 unspecified atom stereocenters. The van der Waals surface area contributed by atoms with E-state index in [-0.39, 0.29) is 5.78 Å². The van der Waals surface area contributed by atoms with Gasteiger partial charge in [-0.25, -0.2) is 0 Å². The molecule has 2 nitrogen and oxygen atoms in total. The van der Waals surface area contributed by atoms with Crippen molar-refractivity contribution in [3.63, 3.8) is 0 Å². The van der Waals surface area contributed by atoms with Crippen LogP contribution in [0.25, 0.3) is 0 Å². The van der Waals surface area contributed by atoms with Gasteiger partial charge in [-0.1, -0.05) is 23.2 Å². The first-order valence-corrected chi connectivity index (χ1v) is 7.49. The first kappa shape index (κ1) is 15.4. The Labute approximate surface area is 135 Å². The predicted octanol–water partition coefficient (Wildman–Crippen LogP) is 5.39. The van der Waals surface area contributed by atoms with Gasteiger partial charge in [0.25, 0.3) is 0 Å². The van der Waals surface area contributed by atoms with Crippen LogP contribution in [0.3, 0.4) is 0 Å². The number of hydrogen-bond donors (Lipinski definition) is 0. The SMILES string of the molecule is CCOc1ccc(C(=O)c2cc(Cl)cc(Cl)c2)c(Br)c1. The highest BCUT2D eigenvalue weighted by Gasteiger charge is 2.14. The third-order valence-electron chi connectivity index (χ3n) is 2.62. The molecule has 2 aromatic rings. The van der Waals surface area contributed by atoms with Crippen molar-refractivity contribution in [3.8, 4) is 5.75 Å². The van der Waals surface area contributed by atoms with Gasteiger partial charge in [0.2, 0.25) is 0 Å². The van der Waals surface area contributed by atoms with Crippen molar-refractivity contribution in [2.45, 2.75) is 6.92 Å². The molecule has 5 heteroatoms. The van der Waals surface area contributed by atoms with Gasteiger partial charge in [-0.3, -0.25) is 4.79 Å². The minimum absolute atomic E-state index is 0.149. The monoisotopic (exact) mass is 372 g/mol. The van der Waals surface area contributed by atoms with Gasteiger partial charge in [-0.05, 0) is 59.3 Å². The summed E-state index contributed by atoms with van der Waals surface area (Å²) in [7, 11) is 0. The summed E-state index contributed by atoms with van der Waals surface area (Å²) in [5.74, 6) is 0.560. The summed E-state index contributed by atoms with van der Waals surface area (Å²) in [5.41, 5.74) is 0.985. The Balaban J connectivity index is 2.38. The van der Waals surface area contributed by atoms with Crippen LogP contribution in [0.4, 0.5) is 0 Å². The largest absolute Gasteiger partial charge is 0.494 e. The highest BCUT2D eigenvalue weighted by Crippen LogP contribution is 2.27. The van der Waals surface area contributed by atoms with E-state index in [1.165, 1.54) is 0 Å². The van der Waals surface area contributed by atoms with Crippen LogP contribution < -0.4 is 4.74 Å². The number of carbonyl (C=O) groups is 1. The van der Waals surface area contributed by atoms with Gasteiger partial charge in [0.1, 0.15) is 5.75 Å². The number of hydrogen-bond acceptors (Lipinski definition) is 2. The van der Waals surface area contributed by atoms with E-state index < -0.39 is 0 Å². The van der Waals surface area contributed by atoms with Crippen molar-refractivity contribution in [1.29, 1.82) is 0 Å². The predicted molar refractivity (Wildman–Crippen MR) is 85.2 cm³/mol. The molecule has 0 heterocycles. The third kappa shape index (κ3) is 3.54. The highest BCUT2D eigenvalue weighted by atomic mass is 79.9. The molecule has 0 saturated carbocycles. The average molecular weight is 374 g/mol. The van der Waals surface area contributed by atoms with E-state index in [9.17, 15) is 4.79 Å². The Morgan fingerprint density at radius 2 is 1.80 bits per heavy atom. The molecular formula is C15H11BrCl2O2. The van der Waals surface area contributed by atoms with Gasteiger partial charge in [0, 0.05) is 25.6 Å². The molecule has 104 valence electrons. The smallest absolute Gasteiger partial charge is 0.194 e. The maximum absolute atomic E-state index is 12.5. The molecule has 2 rings (SSSR count). The van der Waals surface area contributed by atoms with Crippen LogP contribution in [0.1, 0.15) is 22.8 Å². The molecule has 0 atom stereocenters. The van der Waals surface area contributed by atoms with E-state index >= 15 is 0 Å². The second kappa shape index (κ2) is 6.61. The standard InChI is InChI=1S/C15H11BrCl2O2/c1-2-20-12-3-4-13(14(16)8-12)15(19)9-5-10(17)7-11(18)6-9/h3-8H,2H2,1H3. The maximum atomic E-state index is 12.5. The first-order chi connectivity index (χ1) is 9.51. The number of rotatable bonds is 4. The summed E-state index contributed by atoms with van der Waals surface area (Å²) < 4.78 is 6.05. The fourth-order valence-corrected chi connectivity index (χ4v) is 2.84. The van der Waals surface area contributed by atoms with E-state index in [1.54, 1.807) is 36.4 Å². The number of ketones is 1. The molecule has 0 spiro atoms. The molecule has 0 aliphatic carbocycles. The summed E-state index contributed by atoms with van der Waals surface area (Å²) in [6, 6.07) is 10.0. The molecule has 0 amide bonds. The van der Waals surface area contributed by atoms with E-state index in [1.807, 2.05) is 6.92 Å². The zero-order valence-corrected chi connectivity index (χ0v) is 13.7. The first-order valence-electron chi connectivity index (χ1n) is 5.94. The molecule has 20 heavy (non-hydrogen) atoms. The fourth-order valence-electron chi connectivity index (χ4n) is 1.78. The summed E-state index contributed by atoms with van der Waals surface area (Å²) in [5, 5.41) is 0.866. The van der Waals surface area contributed by atoms with Crippen LogP contribution in [0.15, 0.2) is 40.9 Å². The average Bonchev–Trinajstić information content (AvgIpc) is 2.37. The lowest BCUT2D eigenvalue weighted by Gasteiger charge is -2.08. The minimum Gasteiger partial charge on any atom is -0.494 e. The van der Waals surface area contributed by atoms with Gasteiger partial charge in [-0.2, -0.15) is 0 Å².